The van der Waals surface area contributed by atoms with Crippen molar-refractivity contribution in [1.82, 2.24) is 0 Å². The molecule has 0 spiro atoms. The average molecular weight is 230 g/mol. The lowest BCUT2D eigenvalue weighted by Gasteiger charge is -2.06. The Morgan fingerprint density at radius 1 is 1.38 bits per heavy atom. The Labute approximate surface area is 92.0 Å². The van der Waals surface area contributed by atoms with Crippen molar-refractivity contribution in [3.8, 4) is 5.75 Å². The second-order valence-electron chi connectivity index (χ2n) is 3.10. The van der Waals surface area contributed by atoms with E-state index >= 15 is 0 Å². The third-order valence-corrected chi connectivity index (χ3v) is 1.90. The molecule has 0 saturated carbocycles. The van der Waals surface area contributed by atoms with Crippen LogP contribution < -0.4 is 4.74 Å². The summed E-state index contributed by atoms with van der Waals surface area (Å²) in [6, 6.07) is 3.07. The lowest BCUT2D eigenvalue weighted by Crippen LogP contribution is -2.05. The van der Waals surface area contributed by atoms with E-state index in [2.05, 4.69) is 4.74 Å². The van der Waals surface area contributed by atoms with Crippen LogP contribution in [-0.4, -0.2) is 19.7 Å². The fourth-order valence-corrected chi connectivity index (χ4v) is 1.09. The zero-order chi connectivity index (χ0) is 12.0. The van der Waals surface area contributed by atoms with Crippen molar-refractivity contribution in [3.63, 3.8) is 0 Å². The van der Waals surface area contributed by atoms with Crippen LogP contribution in [0.4, 0.5) is 8.78 Å². The van der Waals surface area contributed by atoms with E-state index in [4.69, 9.17) is 4.74 Å². The first-order valence-corrected chi connectivity index (χ1v) is 4.78. The number of hydrogen-bond acceptors (Lipinski definition) is 3. The van der Waals surface area contributed by atoms with Gasteiger partial charge < -0.3 is 9.47 Å². The summed E-state index contributed by atoms with van der Waals surface area (Å²) in [5.41, 5.74) is 0. The smallest absolute Gasteiger partial charge is 0.305 e. The number of ether oxygens (including phenoxy) is 2. The van der Waals surface area contributed by atoms with E-state index in [1.165, 1.54) is 13.2 Å². The molecule has 0 fully saturated rings. The number of methoxy groups -OCH3 is 1. The highest BCUT2D eigenvalue weighted by molar-refractivity contribution is 5.68. The molecule has 1 aromatic carbocycles. The van der Waals surface area contributed by atoms with Gasteiger partial charge in [-0.05, 0) is 18.6 Å². The Morgan fingerprint density at radius 3 is 2.75 bits per heavy atom. The standard InChI is InChI=1S/C11H12F2O3/c1-15-11(14)3-2-6-16-10-5-4-8(12)7-9(10)13/h4-5,7H,2-3,6H2,1H3. The Balaban J connectivity index is 2.35. The second kappa shape index (κ2) is 6.05. The molecule has 0 aliphatic heterocycles. The van der Waals surface area contributed by atoms with E-state index in [-0.39, 0.29) is 24.7 Å². The minimum Gasteiger partial charge on any atom is -0.491 e. The molecule has 0 aliphatic carbocycles. The molecule has 0 saturated heterocycles. The van der Waals surface area contributed by atoms with Crippen LogP contribution in [-0.2, 0) is 9.53 Å². The van der Waals surface area contributed by atoms with Gasteiger partial charge in [0.1, 0.15) is 5.82 Å². The largest absolute Gasteiger partial charge is 0.491 e. The fourth-order valence-electron chi connectivity index (χ4n) is 1.09. The third-order valence-electron chi connectivity index (χ3n) is 1.90. The van der Waals surface area contributed by atoms with Crippen LogP contribution in [0.25, 0.3) is 0 Å². The lowest BCUT2D eigenvalue weighted by molar-refractivity contribution is -0.140. The van der Waals surface area contributed by atoms with Crippen molar-refractivity contribution in [1.29, 1.82) is 0 Å². The van der Waals surface area contributed by atoms with Crippen LogP contribution in [0.5, 0.6) is 5.75 Å². The van der Waals surface area contributed by atoms with E-state index in [0.717, 1.165) is 12.1 Å². The Kier molecular flexibility index (Phi) is 4.69. The summed E-state index contributed by atoms with van der Waals surface area (Å²) in [5, 5.41) is 0. The second-order valence-corrected chi connectivity index (χ2v) is 3.10. The zero-order valence-electron chi connectivity index (χ0n) is 8.83. The zero-order valence-corrected chi connectivity index (χ0v) is 8.83. The normalized spacial score (nSPS) is 9.94. The summed E-state index contributed by atoms with van der Waals surface area (Å²) < 4.78 is 35.0. The van der Waals surface area contributed by atoms with Gasteiger partial charge in [-0.25, -0.2) is 8.78 Å². The monoisotopic (exact) mass is 230 g/mol. The highest BCUT2D eigenvalue weighted by Crippen LogP contribution is 2.17. The van der Waals surface area contributed by atoms with Crippen molar-refractivity contribution < 1.29 is 23.0 Å². The topological polar surface area (TPSA) is 35.5 Å². The van der Waals surface area contributed by atoms with Crippen LogP contribution >= 0.6 is 0 Å². The number of benzene rings is 1. The molecule has 88 valence electrons. The molecule has 0 amide bonds. The molecule has 0 heterocycles. The average Bonchev–Trinajstić information content (AvgIpc) is 2.26. The number of carbonyl (C=O) groups is 1. The minimum absolute atomic E-state index is 0.0220. The fraction of sp³-hybridized carbons (Fsp3) is 0.364. The quantitative estimate of drug-likeness (QED) is 0.575. The molecule has 0 unspecified atom stereocenters. The first-order valence-electron chi connectivity index (χ1n) is 4.78. The van der Waals surface area contributed by atoms with Gasteiger partial charge in [0.2, 0.25) is 0 Å². The molecule has 0 N–H and O–H groups in total. The molecule has 0 bridgehead atoms. The third kappa shape index (κ3) is 3.84. The van der Waals surface area contributed by atoms with Crippen molar-refractivity contribution in [3.05, 3.63) is 29.8 Å². The van der Waals surface area contributed by atoms with Gasteiger partial charge in [0.25, 0.3) is 0 Å². The Bertz CT molecular complexity index is 366. The number of rotatable bonds is 5. The van der Waals surface area contributed by atoms with Gasteiger partial charge in [0, 0.05) is 12.5 Å². The molecule has 0 atom stereocenters. The maximum absolute atomic E-state index is 13.0. The van der Waals surface area contributed by atoms with Gasteiger partial charge in [-0.2, -0.15) is 0 Å². The van der Waals surface area contributed by atoms with Crippen LogP contribution in [0.2, 0.25) is 0 Å². The molecule has 0 aliphatic rings. The lowest BCUT2D eigenvalue weighted by atomic mass is 10.3. The van der Waals surface area contributed by atoms with Crippen LogP contribution in [0.15, 0.2) is 18.2 Å². The van der Waals surface area contributed by atoms with Crippen molar-refractivity contribution in [2.75, 3.05) is 13.7 Å². The molecule has 0 radical (unpaired) electrons. The van der Waals surface area contributed by atoms with E-state index < -0.39 is 11.6 Å². The van der Waals surface area contributed by atoms with Crippen molar-refractivity contribution in [2.24, 2.45) is 0 Å². The number of halogens is 2. The maximum atomic E-state index is 13.0. The van der Waals surface area contributed by atoms with E-state index in [1.807, 2.05) is 0 Å². The predicted octanol–water partition coefficient (Wildman–Crippen LogP) is 2.30. The molecule has 1 rings (SSSR count). The summed E-state index contributed by atoms with van der Waals surface area (Å²) in [4.78, 5) is 10.7. The predicted molar refractivity (Wildman–Crippen MR) is 53.1 cm³/mol. The van der Waals surface area contributed by atoms with E-state index in [0.29, 0.717) is 6.42 Å². The van der Waals surface area contributed by atoms with Gasteiger partial charge in [-0.15, -0.1) is 0 Å². The number of hydrogen-bond donors (Lipinski definition) is 0. The Morgan fingerprint density at radius 2 is 2.12 bits per heavy atom. The first kappa shape index (κ1) is 12.4. The first-order chi connectivity index (χ1) is 7.63. The number of carbonyl (C=O) groups excluding carboxylic acids is 1. The van der Waals surface area contributed by atoms with Crippen LogP contribution in [0.1, 0.15) is 12.8 Å². The molecule has 16 heavy (non-hydrogen) atoms. The van der Waals surface area contributed by atoms with Gasteiger partial charge in [-0.1, -0.05) is 0 Å². The highest BCUT2D eigenvalue weighted by atomic mass is 19.1. The van der Waals surface area contributed by atoms with E-state index in [1.54, 1.807) is 0 Å². The van der Waals surface area contributed by atoms with Gasteiger partial charge in [0.15, 0.2) is 11.6 Å². The number of esters is 1. The van der Waals surface area contributed by atoms with E-state index in [9.17, 15) is 13.6 Å². The highest BCUT2D eigenvalue weighted by Gasteiger charge is 2.05. The molecular weight excluding hydrogens is 218 g/mol. The summed E-state index contributed by atoms with van der Waals surface area (Å²) >= 11 is 0. The summed E-state index contributed by atoms with van der Waals surface area (Å²) in [7, 11) is 1.29. The molecular formula is C11H12F2O3. The summed E-state index contributed by atoms with van der Waals surface area (Å²) in [5.74, 6) is -1.77. The molecule has 5 heteroatoms. The minimum atomic E-state index is -0.752. The molecule has 1 aromatic rings. The van der Waals surface area contributed by atoms with Gasteiger partial charge in [0.05, 0.1) is 13.7 Å². The summed E-state index contributed by atoms with van der Waals surface area (Å²) in [6.07, 6.45) is 0.628. The SMILES string of the molecule is COC(=O)CCCOc1ccc(F)cc1F. The van der Waals surface area contributed by atoms with Crippen LogP contribution in [0, 0.1) is 11.6 Å². The van der Waals surface area contributed by atoms with Gasteiger partial charge >= 0.3 is 5.97 Å². The summed E-state index contributed by atoms with van der Waals surface area (Å²) in [6.45, 7) is 0.178. The van der Waals surface area contributed by atoms with Gasteiger partial charge in [-0.3, -0.25) is 4.79 Å². The van der Waals surface area contributed by atoms with Crippen molar-refractivity contribution >= 4 is 5.97 Å². The van der Waals surface area contributed by atoms with Crippen LogP contribution in [0.3, 0.4) is 0 Å². The maximum Gasteiger partial charge on any atom is 0.305 e. The molecule has 0 aromatic heterocycles. The molecule has 3 nitrogen and oxygen atoms in total. The Hall–Kier alpha value is -1.65. The van der Waals surface area contributed by atoms with Crippen molar-refractivity contribution in [2.45, 2.75) is 12.8 Å².